The molecule has 0 radical (unpaired) electrons. The van der Waals surface area contributed by atoms with E-state index in [2.05, 4.69) is 17.1 Å². The fourth-order valence-corrected chi connectivity index (χ4v) is 4.33. The molecular formula is C22H36Cl2N4O2. The molecule has 30 heavy (non-hydrogen) atoms. The quantitative estimate of drug-likeness (QED) is 0.686. The van der Waals surface area contributed by atoms with Gasteiger partial charge in [0.2, 0.25) is 11.8 Å². The van der Waals surface area contributed by atoms with Gasteiger partial charge in [0.25, 0.3) is 0 Å². The van der Waals surface area contributed by atoms with Gasteiger partial charge >= 0.3 is 0 Å². The summed E-state index contributed by atoms with van der Waals surface area (Å²) in [6.45, 7) is 5.48. The molecule has 8 heteroatoms. The largest absolute Gasteiger partial charge is 0.352 e. The van der Waals surface area contributed by atoms with Crippen LogP contribution in [0, 0.1) is 5.92 Å². The number of amides is 2. The fraction of sp³-hybridized carbons (Fsp3) is 0.636. The van der Waals surface area contributed by atoms with E-state index in [0.717, 1.165) is 31.5 Å². The first-order chi connectivity index (χ1) is 13.5. The summed E-state index contributed by atoms with van der Waals surface area (Å²) in [5, 5.41) is 3.20. The van der Waals surface area contributed by atoms with E-state index in [-0.39, 0.29) is 42.7 Å². The van der Waals surface area contributed by atoms with Crippen LogP contribution >= 0.6 is 24.8 Å². The molecule has 1 aliphatic heterocycles. The zero-order chi connectivity index (χ0) is 19.9. The Kier molecular flexibility index (Phi) is 11.7. The lowest BCUT2D eigenvalue weighted by molar-refractivity contribution is -0.133. The molecule has 1 aliphatic carbocycles. The number of halogens is 2. The SMILES string of the molecule is CC1CCCC(NC(=O)CN2CCN(C(=O)CC(N)c3ccccc3)CC2)C1.Cl.Cl. The zero-order valence-corrected chi connectivity index (χ0v) is 19.4. The van der Waals surface area contributed by atoms with Crippen molar-refractivity contribution in [1.29, 1.82) is 0 Å². The normalized spacial score (nSPS) is 22.9. The molecule has 170 valence electrons. The van der Waals surface area contributed by atoms with Crippen LogP contribution in [0.3, 0.4) is 0 Å². The van der Waals surface area contributed by atoms with Gasteiger partial charge in [-0.15, -0.1) is 24.8 Å². The van der Waals surface area contributed by atoms with Crippen LogP contribution in [0.15, 0.2) is 30.3 Å². The van der Waals surface area contributed by atoms with Gasteiger partial charge in [0, 0.05) is 44.7 Å². The molecule has 3 N–H and O–H groups in total. The summed E-state index contributed by atoms with van der Waals surface area (Å²) in [6, 6.07) is 9.81. The first-order valence-corrected chi connectivity index (χ1v) is 10.6. The Morgan fingerprint density at radius 2 is 1.77 bits per heavy atom. The van der Waals surface area contributed by atoms with Crippen molar-refractivity contribution in [3.8, 4) is 0 Å². The maximum atomic E-state index is 12.6. The van der Waals surface area contributed by atoms with Crippen molar-refractivity contribution < 1.29 is 9.59 Å². The lowest BCUT2D eigenvalue weighted by Gasteiger charge is -2.35. The second-order valence-electron chi connectivity index (χ2n) is 8.41. The molecule has 1 saturated heterocycles. The van der Waals surface area contributed by atoms with Crippen molar-refractivity contribution in [2.24, 2.45) is 11.7 Å². The molecule has 0 aromatic heterocycles. The molecule has 1 saturated carbocycles. The molecule has 1 heterocycles. The number of benzene rings is 1. The van der Waals surface area contributed by atoms with E-state index in [4.69, 9.17) is 5.73 Å². The summed E-state index contributed by atoms with van der Waals surface area (Å²) in [5.41, 5.74) is 7.17. The van der Waals surface area contributed by atoms with Crippen LogP contribution in [0.1, 0.15) is 50.6 Å². The molecule has 2 amide bonds. The number of nitrogens with one attached hydrogen (secondary N) is 1. The van der Waals surface area contributed by atoms with E-state index in [1.54, 1.807) is 0 Å². The monoisotopic (exact) mass is 458 g/mol. The van der Waals surface area contributed by atoms with Gasteiger partial charge in [0.15, 0.2) is 0 Å². The molecule has 1 aromatic carbocycles. The van der Waals surface area contributed by atoms with Crippen LogP contribution in [-0.4, -0.2) is 60.4 Å². The minimum atomic E-state index is -0.268. The lowest BCUT2D eigenvalue weighted by atomic mass is 9.87. The topological polar surface area (TPSA) is 78.7 Å². The number of hydrogen-bond donors (Lipinski definition) is 2. The summed E-state index contributed by atoms with van der Waals surface area (Å²) in [7, 11) is 0. The molecule has 2 fully saturated rings. The third-order valence-electron chi connectivity index (χ3n) is 6.02. The number of piperazine rings is 1. The number of nitrogens with zero attached hydrogens (tertiary/aromatic N) is 2. The highest BCUT2D eigenvalue weighted by atomic mass is 35.5. The van der Waals surface area contributed by atoms with Gasteiger partial charge in [-0.3, -0.25) is 14.5 Å². The Morgan fingerprint density at radius 1 is 1.10 bits per heavy atom. The van der Waals surface area contributed by atoms with E-state index in [0.29, 0.717) is 38.0 Å². The Labute approximate surface area is 192 Å². The molecule has 1 aromatic rings. The lowest BCUT2D eigenvalue weighted by Crippen LogP contribution is -2.52. The highest BCUT2D eigenvalue weighted by molar-refractivity contribution is 5.85. The Balaban J connectivity index is 0.00000225. The van der Waals surface area contributed by atoms with Crippen molar-refractivity contribution in [1.82, 2.24) is 15.1 Å². The number of rotatable bonds is 6. The van der Waals surface area contributed by atoms with Crippen molar-refractivity contribution in [2.45, 2.75) is 51.1 Å². The smallest absolute Gasteiger partial charge is 0.234 e. The first-order valence-electron chi connectivity index (χ1n) is 10.6. The van der Waals surface area contributed by atoms with Gasteiger partial charge in [-0.05, 0) is 24.3 Å². The van der Waals surface area contributed by atoms with E-state index in [1.165, 1.54) is 12.8 Å². The first kappa shape index (κ1) is 26.7. The zero-order valence-electron chi connectivity index (χ0n) is 17.8. The van der Waals surface area contributed by atoms with Gasteiger partial charge in [0.1, 0.15) is 0 Å². The minimum Gasteiger partial charge on any atom is -0.352 e. The Bertz CT molecular complexity index is 654. The summed E-state index contributed by atoms with van der Waals surface area (Å²) in [5.74, 6) is 0.914. The molecule has 0 bridgehead atoms. The second kappa shape index (κ2) is 13.2. The molecular weight excluding hydrogens is 423 g/mol. The summed E-state index contributed by atoms with van der Waals surface area (Å²) in [6.07, 6.45) is 4.99. The third-order valence-corrected chi connectivity index (χ3v) is 6.02. The standard InChI is InChI=1S/C22H34N4O2.2ClH/c1-17-6-5-9-19(14-17)24-21(27)16-25-10-12-26(13-11-25)22(28)15-20(23)18-7-3-2-4-8-18;;/h2-4,7-8,17,19-20H,5-6,9-16,23H2,1H3,(H,24,27);2*1H. The molecule has 2 aliphatic rings. The van der Waals surface area contributed by atoms with E-state index in [1.807, 2.05) is 35.2 Å². The minimum absolute atomic E-state index is 0. The fourth-order valence-electron chi connectivity index (χ4n) is 4.33. The number of hydrogen-bond acceptors (Lipinski definition) is 4. The maximum Gasteiger partial charge on any atom is 0.234 e. The van der Waals surface area contributed by atoms with E-state index in [9.17, 15) is 9.59 Å². The van der Waals surface area contributed by atoms with Crippen molar-refractivity contribution >= 4 is 36.6 Å². The summed E-state index contributed by atoms with van der Waals surface area (Å²) in [4.78, 5) is 28.9. The van der Waals surface area contributed by atoms with Crippen LogP contribution in [0.4, 0.5) is 0 Å². The summed E-state index contributed by atoms with van der Waals surface area (Å²) < 4.78 is 0. The van der Waals surface area contributed by atoms with Gasteiger partial charge in [0.05, 0.1) is 6.54 Å². The van der Waals surface area contributed by atoms with Crippen LogP contribution < -0.4 is 11.1 Å². The Morgan fingerprint density at radius 3 is 2.40 bits per heavy atom. The Hall–Kier alpha value is -1.34. The van der Waals surface area contributed by atoms with Crippen LogP contribution in [0.5, 0.6) is 0 Å². The van der Waals surface area contributed by atoms with Gasteiger partial charge in [-0.25, -0.2) is 0 Å². The van der Waals surface area contributed by atoms with Crippen molar-refractivity contribution in [3.05, 3.63) is 35.9 Å². The van der Waals surface area contributed by atoms with Crippen LogP contribution in [-0.2, 0) is 9.59 Å². The maximum absolute atomic E-state index is 12.6. The average molecular weight is 459 g/mol. The van der Waals surface area contributed by atoms with Crippen molar-refractivity contribution in [3.63, 3.8) is 0 Å². The molecule has 3 rings (SSSR count). The van der Waals surface area contributed by atoms with Crippen LogP contribution in [0.25, 0.3) is 0 Å². The number of carbonyl (C=O) groups excluding carboxylic acids is 2. The second-order valence-corrected chi connectivity index (χ2v) is 8.41. The third kappa shape index (κ3) is 8.06. The molecule has 6 nitrogen and oxygen atoms in total. The predicted molar refractivity (Wildman–Crippen MR) is 125 cm³/mol. The average Bonchev–Trinajstić information content (AvgIpc) is 2.69. The van der Waals surface area contributed by atoms with Crippen LogP contribution in [0.2, 0.25) is 0 Å². The molecule has 0 spiro atoms. The van der Waals surface area contributed by atoms with Gasteiger partial charge in [-0.2, -0.15) is 0 Å². The summed E-state index contributed by atoms with van der Waals surface area (Å²) >= 11 is 0. The number of nitrogens with two attached hydrogens (primary N) is 1. The van der Waals surface area contributed by atoms with Gasteiger partial charge in [-0.1, -0.05) is 50.1 Å². The highest BCUT2D eigenvalue weighted by Gasteiger charge is 2.25. The number of carbonyl (C=O) groups is 2. The van der Waals surface area contributed by atoms with E-state index < -0.39 is 0 Å². The van der Waals surface area contributed by atoms with Crippen molar-refractivity contribution in [2.75, 3.05) is 32.7 Å². The predicted octanol–water partition coefficient (Wildman–Crippen LogP) is 2.76. The highest BCUT2D eigenvalue weighted by Crippen LogP contribution is 2.23. The molecule has 3 unspecified atom stereocenters. The van der Waals surface area contributed by atoms with Gasteiger partial charge < -0.3 is 16.0 Å². The van der Waals surface area contributed by atoms with E-state index >= 15 is 0 Å². The molecule has 3 atom stereocenters.